The summed E-state index contributed by atoms with van der Waals surface area (Å²) in [5.74, 6) is 0.360. The average Bonchev–Trinajstić information content (AvgIpc) is 2.73. The van der Waals surface area contributed by atoms with E-state index in [-0.39, 0.29) is 24.2 Å². The van der Waals surface area contributed by atoms with Gasteiger partial charge < -0.3 is 19.9 Å². The number of carbonyl (C=O) groups is 3. The van der Waals surface area contributed by atoms with Crippen molar-refractivity contribution in [3.05, 3.63) is 54.1 Å². The molecule has 2 aromatic rings. The lowest BCUT2D eigenvalue weighted by Crippen LogP contribution is -2.48. The molecule has 0 saturated carbocycles. The van der Waals surface area contributed by atoms with E-state index in [4.69, 9.17) is 4.74 Å². The standard InChI is InChI=1S/C22H25N3O4/c1-16(26)18-4-3-5-19(14-18)23-22(28)15-29-21-8-6-20(7-9-21)25-12-10-24(11-13-25)17(2)27/h3-9,14H,10-13,15H2,1-2H3,(H,23,28). The van der Waals surface area contributed by atoms with Crippen molar-refractivity contribution >= 4 is 29.0 Å². The van der Waals surface area contributed by atoms with Crippen LogP contribution < -0.4 is 15.0 Å². The third-order valence-corrected chi connectivity index (χ3v) is 4.85. The molecule has 3 rings (SSSR count). The van der Waals surface area contributed by atoms with E-state index in [0.29, 0.717) is 17.0 Å². The molecule has 0 spiro atoms. The summed E-state index contributed by atoms with van der Waals surface area (Å²) in [4.78, 5) is 39.0. The molecule has 29 heavy (non-hydrogen) atoms. The van der Waals surface area contributed by atoms with Crippen molar-refractivity contribution in [3.63, 3.8) is 0 Å². The molecule has 1 aliphatic heterocycles. The first-order valence-electron chi connectivity index (χ1n) is 9.56. The summed E-state index contributed by atoms with van der Waals surface area (Å²) in [5, 5.41) is 2.73. The number of anilines is 2. The molecule has 1 aliphatic rings. The number of nitrogens with zero attached hydrogens (tertiary/aromatic N) is 2. The summed E-state index contributed by atoms with van der Waals surface area (Å²) < 4.78 is 5.56. The van der Waals surface area contributed by atoms with Gasteiger partial charge in [0.05, 0.1) is 0 Å². The van der Waals surface area contributed by atoms with Gasteiger partial charge in [0.15, 0.2) is 12.4 Å². The maximum absolute atomic E-state index is 12.1. The molecule has 1 fully saturated rings. The number of amides is 2. The Balaban J connectivity index is 1.49. The number of hydrogen-bond acceptors (Lipinski definition) is 5. The van der Waals surface area contributed by atoms with E-state index in [9.17, 15) is 14.4 Å². The fourth-order valence-electron chi connectivity index (χ4n) is 3.19. The maximum atomic E-state index is 12.1. The van der Waals surface area contributed by atoms with E-state index in [1.807, 2.05) is 29.2 Å². The van der Waals surface area contributed by atoms with Crippen LogP contribution in [0.15, 0.2) is 48.5 Å². The van der Waals surface area contributed by atoms with E-state index >= 15 is 0 Å². The first-order chi connectivity index (χ1) is 13.9. The number of piperazine rings is 1. The minimum atomic E-state index is -0.296. The number of nitrogens with one attached hydrogen (secondary N) is 1. The first kappa shape index (κ1) is 20.4. The summed E-state index contributed by atoms with van der Waals surface area (Å²) >= 11 is 0. The number of rotatable bonds is 6. The molecule has 0 radical (unpaired) electrons. The normalized spacial score (nSPS) is 13.7. The van der Waals surface area contributed by atoms with E-state index < -0.39 is 0 Å². The van der Waals surface area contributed by atoms with Gasteiger partial charge in [0.1, 0.15) is 5.75 Å². The summed E-state index contributed by atoms with van der Waals surface area (Å²) in [6, 6.07) is 14.4. The minimum Gasteiger partial charge on any atom is -0.484 e. The fraction of sp³-hybridized carbons (Fsp3) is 0.318. The summed E-state index contributed by atoms with van der Waals surface area (Å²) in [6.45, 7) is 5.98. The van der Waals surface area contributed by atoms with Gasteiger partial charge in [-0.2, -0.15) is 0 Å². The van der Waals surface area contributed by atoms with Gasteiger partial charge in [-0.3, -0.25) is 14.4 Å². The molecule has 7 nitrogen and oxygen atoms in total. The Bertz CT molecular complexity index is 887. The van der Waals surface area contributed by atoms with Crippen LogP contribution in [0, 0.1) is 0 Å². The van der Waals surface area contributed by atoms with Crippen LogP contribution >= 0.6 is 0 Å². The molecule has 0 bridgehead atoms. The van der Waals surface area contributed by atoms with Crippen LogP contribution in [0.3, 0.4) is 0 Å². The zero-order valence-corrected chi connectivity index (χ0v) is 16.7. The fourth-order valence-corrected chi connectivity index (χ4v) is 3.19. The molecular weight excluding hydrogens is 370 g/mol. The minimum absolute atomic E-state index is 0.0554. The van der Waals surface area contributed by atoms with Crippen molar-refractivity contribution < 1.29 is 19.1 Å². The van der Waals surface area contributed by atoms with E-state index in [1.54, 1.807) is 31.2 Å². The van der Waals surface area contributed by atoms with Gasteiger partial charge in [-0.15, -0.1) is 0 Å². The Morgan fingerprint density at radius 2 is 1.66 bits per heavy atom. The number of benzene rings is 2. The monoisotopic (exact) mass is 395 g/mol. The van der Waals surface area contributed by atoms with E-state index in [2.05, 4.69) is 10.2 Å². The van der Waals surface area contributed by atoms with Crippen LogP contribution in [0.25, 0.3) is 0 Å². The number of ether oxygens (including phenoxy) is 1. The van der Waals surface area contributed by atoms with Crippen molar-refractivity contribution in [2.24, 2.45) is 0 Å². The Labute approximate surface area is 170 Å². The highest BCUT2D eigenvalue weighted by atomic mass is 16.5. The third kappa shape index (κ3) is 5.57. The summed E-state index contributed by atoms with van der Waals surface area (Å²) in [6.07, 6.45) is 0. The molecule has 2 aromatic carbocycles. The van der Waals surface area contributed by atoms with Crippen LogP contribution in [0.1, 0.15) is 24.2 Å². The molecule has 0 aliphatic carbocycles. The lowest BCUT2D eigenvalue weighted by Gasteiger charge is -2.35. The van der Waals surface area contributed by atoms with Crippen LogP contribution in [-0.4, -0.2) is 55.3 Å². The van der Waals surface area contributed by atoms with Crippen molar-refractivity contribution in [1.29, 1.82) is 0 Å². The number of Topliss-reactive ketones (excluding diaryl/α,β-unsaturated/α-hetero) is 1. The zero-order chi connectivity index (χ0) is 20.8. The first-order valence-corrected chi connectivity index (χ1v) is 9.56. The molecule has 7 heteroatoms. The van der Waals surface area contributed by atoms with Gasteiger partial charge in [-0.05, 0) is 43.3 Å². The summed E-state index contributed by atoms with van der Waals surface area (Å²) in [7, 11) is 0. The van der Waals surface area contributed by atoms with Gasteiger partial charge in [-0.1, -0.05) is 12.1 Å². The largest absolute Gasteiger partial charge is 0.484 e. The smallest absolute Gasteiger partial charge is 0.262 e. The third-order valence-electron chi connectivity index (χ3n) is 4.85. The highest BCUT2D eigenvalue weighted by Crippen LogP contribution is 2.21. The topological polar surface area (TPSA) is 79.0 Å². The molecular formula is C22H25N3O4. The highest BCUT2D eigenvalue weighted by Gasteiger charge is 2.18. The Hall–Kier alpha value is -3.35. The van der Waals surface area contributed by atoms with Gasteiger partial charge >= 0.3 is 0 Å². The zero-order valence-electron chi connectivity index (χ0n) is 16.7. The second kappa shape index (κ2) is 9.23. The van der Waals surface area contributed by atoms with Crippen LogP contribution in [0.4, 0.5) is 11.4 Å². The Morgan fingerprint density at radius 3 is 2.28 bits per heavy atom. The number of carbonyl (C=O) groups excluding carboxylic acids is 3. The van der Waals surface area contributed by atoms with Crippen LogP contribution in [0.5, 0.6) is 5.75 Å². The molecule has 0 unspecified atom stereocenters. The Morgan fingerprint density at radius 1 is 0.966 bits per heavy atom. The van der Waals surface area contributed by atoms with E-state index in [0.717, 1.165) is 31.9 Å². The molecule has 0 atom stereocenters. The quantitative estimate of drug-likeness (QED) is 0.761. The molecule has 1 saturated heterocycles. The number of hydrogen-bond donors (Lipinski definition) is 1. The Kier molecular flexibility index (Phi) is 6.49. The summed E-state index contributed by atoms with van der Waals surface area (Å²) in [5.41, 5.74) is 2.17. The maximum Gasteiger partial charge on any atom is 0.262 e. The van der Waals surface area contributed by atoms with Gasteiger partial charge in [0.2, 0.25) is 5.91 Å². The van der Waals surface area contributed by atoms with Gasteiger partial charge in [0.25, 0.3) is 5.91 Å². The second-order valence-corrected chi connectivity index (χ2v) is 6.96. The predicted molar refractivity (Wildman–Crippen MR) is 111 cm³/mol. The predicted octanol–water partition coefficient (Wildman–Crippen LogP) is 2.58. The molecule has 0 aromatic heterocycles. The van der Waals surface area contributed by atoms with Crippen molar-refractivity contribution in [2.45, 2.75) is 13.8 Å². The SMILES string of the molecule is CC(=O)c1cccc(NC(=O)COc2ccc(N3CCN(C(C)=O)CC3)cc2)c1. The van der Waals surface area contributed by atoms with E-state index in [1.165, 1.54) is 6.92 Å². The molecule has 1 heterocycles. The number of ketones is 1. The van der Waals surface area contributed by atoms with Crippen molar-refractivity contribution in [1.82, 2.24) is 4.90 Å². The molecule has 1 N–H and O–H groups in total. The second-order valence-electron chi connectivity index (χ2n) is 6.96. The molecule has 2 amide bonds. The molecule has 152 valence electrons. The average molecular weight is 395 g/mol. The van der Waals surface area contributed by atoms with Gasteiger partial charge in [0, 0.05) is 50.0 Å². The lowest BCUT2D eigenvalue weighted by molar-refractivity contribution is -0.129. The van der Waals surface area contributed by atoms with Crippen molar-refractivity contribution in [2.75, 3.05) is 43.0 Å². The van der Waals surface area contributed by atoms with Crippen molar-refractivity contribution in [3.8, 4) is 5.75 Å². The lowest BCUT2D eigenvalue weighted by atomic mass is 10.1. The van der Waals surface area contributed by atoms with Crippen LogP contribution in [0.2, 0.25) is 0 Å². The van der Waals surface area contributed by atoms with Gasteiger partial charge in [-0.25, -0.2) is 0 Å². The highest BCUT2D eigenvalue weighted by molar-refractivity contribution is 5.97. The van der Waals surface area contributed by atoms with Crippen LogP contribution in [-0.2, 0) is 9.59 Å².